The van der Waals surface area contributed by atoms with Crippen molar-refractivity contribution in [2.24, 2.45) is 5.92 Å². The fourth-order valence-corrected chi connectivity index (χ4v) is 2.49. The molecular formula is C12H18N2O3. The van der Waals surface area contributed by atoms with E-state index < -0.39 is 5.97 Å². The van der Waals surface area contributed by atoms with Crippen LogP contribution in [0.25, 0.3) is 0 Å². The van der Waals surface area contributed by atoms with Crippen LogP contribution >= 0.6 is 0 Å². The largest absolute Gasteiger partial charge is 0.465 e. The second-order valence-electron chi connectivity index (χ2n) is 4.50. The quantitative estimate of drug-likeness (QED) is 0.540. The van der Waals surface area contributed by atoms with E-state index in [1.54, 1.807) is 6.08 Å². The number of fused-ring (bicyclic) bond motifs is 1. The van der Waals surface area contributed by atoms with E-state index in [-0.39, 0.29) is 23.4 Å². The number of nitrogens with zero attached hydrogens (tertiary/aromatic N) is 1. The standard InChI is InChI=1S/C12H18N2O3/c1-3-14-5-4-10-8(7-14)6-9(11(15)13-10)12(16)17-2/h6,8,10H,3-5,7H2,1-2H3,(H,13,15)/t8-,10-/m1/s1. The second-order valence-corrected chi connectivity index (χ2v) is 4.50. The molecule has 0 aromatic carbocycles. The van der Waals surface area contributed by atoms with Crippen LogP contribution in [0, 0.1) is 5.92 Å². The van der Waals surface area contributed by atoms with Gasteiger partial charge >= 0.3 is 5.97 Å². The Bertz CT molecular complexity index is 365. The summed E-state index contributed by atoms with van der Waals surface area (Å²) in [5.41, 5.74) is 0.145. The number of carbonyl (C=O) groups excluding carboxylic acids is 2. The van der Waals surface area contributed by atoms with Gasteiger partial charge in [0.2, 0.25) is 0 Å². The SMILES string of the molecule is CCN1CC[C@H]2NC(=O)C(C(=O)OC)=C[C@@H]2C1. The average molecular weight is 238 g/mol. The van der Waals surface area contributed by atoms with Crippen molar-refractivity contribution in [3.63, 3.8) is 0 Å². The number of carbonyl (C=O) groups is 2. The highest BCUT2D eigenvalue weighted by atomic mass is 16.5. The van der Waals surface area contributed by atoms with Crippen molar-refractivity contribution >= 4 is 11.9 Å². The molecule has 2 aliphatic heterocycles. The lowest BCUT2D eigenvalue weighted by Gasteiger charge is -2.39. The van der Waals surface area contributed by atoms with E-state index in [0.29, 0.717) is 0 Å². The molecule has 0 aromatic heterocycles. The Morgan fingerprint density at radius 3 is 3.06 bits per heavy atom. The van der Waals surface area contributed by atoms with Crippen molar-refractivity contribution in [2.75, 3.05) is 26.7 Å². The van der Waals surface area contributed by atoms with E-state index in [4.69, 9.17) is 0 Å². The summed E-state index contributed by atoms with van der Waals surface area (Å²) in [5.74, 6) is -0.631. The van der Waals surface area contributed by atoms with E-state index in [1.165, 1.54) is 7.11 Å². The van der Waals surface area contributed by atoms with Gasteiger partial charge in [-0.2, -0.15) is 0 Å². The average Bonchev–Trinajstić information content (AvgIpc) is 2.36. The summed E-state index contributed by atoms with van der Waals surface area (Å²) in [6.07, 6.45) is 2.71. The first-order valence-corrected chi connectivity index (χ1v) is 5.99. The molecule has 1 saturated heterocycles. The molecule has 0 saturated carbocycles. The van der Waals surface area contributed by atoms with Gasteiger partial charge in [0.25, 0.3) is 5.91 Å². The number of esters is 1. The maximum atomic E-state index is 11.7. The summed E-state index contributed by atoms with van der Waals surface area (Å²) in [4.78, 5) is 25.5. The highest BCUT2D eigenvalue weighted by Gasteiger charge is 2.35. The smallest absolute Gasteiger partial charge is 0.343 e. The van der Waals surface area contributed by atoms with E-state index in [2.05, 4.69) is 21.9 Å². The van der Waals surface area contributed by atoms with Crippen LogP contribution in [0.3, 0.4) is 0 Å². The third-order valence-corrected chi connectivity index (χ3v) is 3.54. The van der Waals surface area contributed by atoms with Gasteiger partial charge in [-0.3, -0.25) is 4.79 Å². The molecule has 0 radical (unpaired) electrons. The van der Waals surface area contributed by atoms with E-state index in [1.807, 2.05) is 0 Å². The lowest BCUT2D eigenvalue weighted by molar-refractivity contribution is -0.138. The van der Waals surface area contributed by atoms with Gasteiger partial charge in [-0.05, 0) is 13.0 Å². The molecule has 0 aromatic rings. The summed E-state index contributed by atoms with van der Waals surface area (Å²) in [6.45, 7) is 5.01. The number of hydrogen-bond acceptors (Lipinski definition) is 4. The van der Waals surface area contributed by atoms with Crippen molar-refractivity contribution in [1.29, 1.82) is 0 Å². The van der Waals surface area contributed by atoms with Gasteiger partial charge < -0.3 is 15.0 Å². The molecule has 2 aliphatic rings. The van der Waals surface area contributed by atoms with Crippen LogP contribution in [0.1, 0.15) is 13.3 Å². The third-order valence-electron chi connectivity index (χ3n) is 3.54. The van der Waals surface area contributed by atoms with Crippen LogP contribution in [0.15, 0.2) is 11.6 Å². The van der Waals surface area contributed by atoms with Crippen molar-refractivity contribution in [3.8, 4) is 0 Å². The predicted molar refractivity (Wildman–Crippen MR) is 62.3 cm³/mol. The number of ether oxygens (including phenoxy) is 1. The van der Waals surface area contributed by atoms with Crippen molar-refractivity contribution in [3.05, 3.63) is 11.6 Å². The van der Waals surface area contributed by atoms with Gasteiger partial charge in [-0.1, -0.05) is 13.0 Å². The highest BCUT2D eigenvalue weighted by Crippen LogP contribution is 2.24. The van der Waals surface area contributed by atoms with Gasteiger partial charge in [0, 0.05) is 25.0 Å². The molecule has 2 heterocycles. The molecule has 1 fully saturated rings. The zero-order valence-corrected chi connectivity index (χ0v) is 10.2. The second kappa shape index (κ2) is 4.87. The Morgan fingerprint density at radius 2 is 2.41 bits per heavy atom. The third kappa shape index (κ3) is 2.34. The number of methoxy groups -OCH3 is 1. The fourth-order valence-electron chi connectivity index (χ4n) is 2.49. The highest BCUT2D eigenvalue weighted by molar-refractivity contribution is 6.16. The molecule has 2 rings (SSSR count). The number of hydrogen-bond donors (Lipinski definition) is 1. The zero-order chi connectivity index (χ0) is 12.4. The minimum absolute atomic E-state index is 0.145. The summed E-state index contributed by atoms with van der Waals surface area (Å²) < 4.78 is 4.61. The minimum atomic E-state index is -0.547. The Morgan fingerprint density at radius 1 is 1.65 bits per heavy atom. The van der Waals surface area contributed by atoms with Crippen molar-refractivity contribution < 1.29 is 14.3 Å². The maximum Gasteiger partial charge on any atom is 0.343 e. The molecule has 2 atom stereocenters. The molecule has 0 aliphatic carbocycles. The Kier molecular flexibility index (Phi) is 3.47. The van der Waals surface area contributed by atoms with Crippen LogP contribution < -0.4 is 5.32 Å². The topological polar surface area (TPSA) is 58.6 Å². The van der Waals surface area contributed by atoms with Gasteiger partial charge in [0.1, 0.15) is 5.57 Å². The Balaban J connectivity index is 2.17. The minimum Gasteiger partial charge on any atom is -0.465 e. The number of nitrogens with one attached hydrogen (secondary N) is 1. The summed E-state index contributed by atoms with van der Waals surface area (Å²) in [6, 6.07) is 0.165. The maximum absolute atomic E-state index is 11.7. The fraction of sp³-hybridized carbons (Fsp3) is 0.667. The molecular weight excluding hydrogens is 220 g/mol. The molecule has 0 spiro atoms. The Labute approximate surface area is 101 Å². The van der Waals surface area contributed by atoms with Crippen molar-refractivity contribution in [2.45, 2.75) is 19.4 Å². The first-order chi connectivity index (χ1) is 8.15. The van der Waals surface area contributed by atoms with E-state index >= 15 is 0 Å². The molecule has 5 heteroatoms. The van der Waals surface area contributed by atoms with Crippen LogP contribution in [0.2, 0.25) is 0 Å². The predicted octanol–water partition coefficient (Wildman–Crippen LogP) is -0.0740. The summed E-state index contributed by atoms with van der Waals surface area (Å²) in [5, 5.41) is 2.89. The lowest BCUT2D eigenvalue weighted by Crippen LogP contribution is -2.53. The van der Waals surface area contributed by atoms with E-state index in [0.717, 1.165) is 26.1 Å². The Hall–Kier alpha value is -1.36. The van der Waals surface area contributed by atoms with Crippen LogP contribution in [0.5, 0.6) is 0 Å². The molecule has 94 valence electrons. The molecule has 0 bridgehead atoms. The van der Waals surface area contributed by atoms with Crippen LogP contribution in [0.4, 0.5) is 0 Å². The number of rotatable bonds is 2. The first-order valence-electron chi connectivity index (χ1n) is 5.99. The molecule has 1 N–H and O–H groups in total. The van der Waals surface area contributed by atoms with Crippen molar-refractivity contribution in [1.82, 2.24) is 10.2 Å². The van der Waals surface area contributed by atoms with Gasteiger partial charge in [-0.15, -0.1) is 0 Å². The normalized spacial score (nSPS) is 29.1. The van der Waals surface area contributed by atoms with Crippen LogP contribution in [-0.2, 0) is 14.3 Å². The molecule has 17 heavy (non-hydrogen) atoms. The summed E-state index contributed by atoms with van der Waals surface area (Å²) >= 11 is 0. The molecule has 1 amide bonds. The van der Waals surface area contributed by atoms with Gasteiger partial charge in [-0.25, -0.2) is 4.79 Å². The first kappa shape index (κ1) is 12.1. The number of piperidine rings is 1. The lowest BCUT2D eigenvalue weighted by atomic mass is 9.87. The summed E-state index contributed by atoms with van der Waals surface area (Å²) in [7, 11) is 1.29. The van der Waals surface area contributed by atoms with Gasteiger partial charge in [0.15, 0.2) is 0 Å². The zero-order valence-electron chi connectivity index (χ0n) is 10.2. The number of amides is 1. The molecule has 5 nitrogen and oxygen atoms in total. The van der Waals surface area contributed by atoms with E-state index in [9.17, 15) is 9.59 Å². The van der Waals surface area contributed by atoms with Crippen LogP contribution in [-0.4, -0.2) is 49.6 Å². The molecule has 0 unspecified atom stereocenters. The number of likely N-dealkylation sites (tertiary alicyclic amines) is 1. The monoisotopic (exact) mass is 238 g/mol. The van der Waals surface area contributed by atoms with Gasteiger partial charge in [0.05, 0.1) is 7.11 Å².